The average Bonchev–Trinajstić information content (AvgIpc) is 3.30. The van der Waals surface area contributed by atoms with Gasteiger partial charge in [-0.1, -0.05) is 35.3 Å². The molecule has 0 saturated carbocycles. The lowest BCUT2D eigenvalue weighted by Gasteiger charge is -2.15. The van der Waals surface area contributed by atoms with E-state index in [1.807, 2.05) is 0 Å². The first-order chi connectivity index (χ1) is 22.7. The highest BCUT2D eigenvalue weighted by Crippen LogP contribution is 2.30. The van der Waals surface area contributed by atoms with Crippen molar-refractivity contribution in [1.29, 1.82) is 0 Å². The zero-order chi connectivity index (χ0) is 34.8. The number of carbonyl (C=O) groups is 2. The summed E-state index contributed by atoms with van der Waals surface area (Å²) in [5, 5.41) is 0.609. The van der Waals surface area contributed by atoms with Crippen LogP contribution in [0, 0.1) is 0 Å². The van der Waals surface area contributed by atoms with E-state index in [1.54, 1.807) is 30.3 Å². The summed E-state index contributed by atoms with van der Waals surface area (Å²) in [5.41, 5.74) is 8.42. The van der Waals surface area contributed by atoms with Crippen molar-refractivity contribution in [3.05, 3.63) is 118 Å². The minimum atomic E-state index is -4.65. The molecular formula is C30H18Cl2F6N8O2. The maximum absolute atomic E-state index is 12.6. The van der Waals surface area contributed by atoms with Crippen LogP contribution < -0.4 is 5.73 Å². The van der Waals surface area contributed by atoms with Crippen LogP contribution in [0.5, 0.6) is 0 Å². The van der Waals surface area contributed by atoms with Gasteiger partial charge in [-0.25, -0.2) is 19.9 Å². The molecule has 10 nitrogen and oxygen atoms in total. The fraction of sp³-hybridized carbons (Fsp3) is 0.133. The Hall–Kier alpha value is -5.06. The number of rotatable bonds is 5. The molecule has 5 heterocycles. The Morgan fingerprint density at radius 1 is 0.625 bits per heavy atom. The van der Waals surface area contributed by atoms with Gasteiger partial charge in [0.15, 0.2) is 0 Å². The SMILES string of the molecule is NCc1cc(-c2cnc(C(F)(F)F)nc2)ncc1Cl.O=C1c2ccccc2C(=O)N1Cc1cc(-c2cnc(C(F)(F)F)nc2)ncc1Cl. The molecular weight excluding hydrogens is 689 g/mol. The maximum atomic E-state index is 12.6. The van der Waals surface area contributed by atoms with E-state index in [9.17, 15) is 35.9 Å². The summed E-state index contributed by atoms with van der Waals surface area (Å²) in [6.45, 7) is 0.0953. The van der Waals surface area contributed by atoms with Crippen molar-refractivity contribution >= 4 is 35.0 Å². The second kappa shape index (κ2) is 13.6. The Bertz CT molecular complexity index is 1960. The molecule has 0 spiro atoms. The minimum Gasteiger partial charge on any atom is -0.326 e. The molecule has 0 fully saturated rings. The molecule has 18 heteroatoms. The molecule has 0 saturated heterocycles. The first kappa shape index (κ1) is 34.3. The zero-order valence-electron chi connectivity index (χ0n) is 23.9. The van der Waals surface area contributed by atoms with Gasteiger partial charge >= 0.3 is 12.4 Å². The molecule has 0 radical (unpaired) electrons. The van der Waals surface area contributed by atoms with Gasteiger partial charge in [-0.05, 0) is 35.4 Å². The van der Waals surface area contributed by atoms with Crippen molar-refractivity contribution in [1.82, 2.24) is 34.8 Å². The minimum absolute atomic E-state index is 0.109. The van der Waals surface area contributed by atoms with Gasteiger partial charge in [-0.15, -0.1) is 0 Å². The molecule has 0 unspecified atom stereocenters. The van der Waals surface area contributed by atoms with Crippen molar-refractivity contribution in [2.45, 2.75) is 25.4 Å². The first-order valence-corrected chi connectivity index (χ1v) is 14.2. The molecule has 4 aromatic heterocycles. The first-order valence-electron chi connectivity index (χ1n) is 13.4. The van der Waals surface area contributed by atoms with E-state index >= 15 is 0 Å². The van der Waals surface area contributed by atoms with Crippen molar-refractivity contribution in [3.63, 3.8) is 0 Å². The molecule has 48 heavy (non-hydrogen) atoms. The smallest absolute Gasteiger partial charge is 0.326 e. The largest absolute Gasteiger partial charge is 0.451 e. The third kappa shape index (κ3) is 7.40. The van der Waals surface area contributed by atoms with Crippen molar-refractivity contribution in [2.75, 3.05) is 0 Å². The summed E-state index contributed by atoms with van der Waals surface area (Å²) < 4.78 is 74.8. The third-order valence-corrected chi connectivity index (χ3v) is 7.38. The monoisotopic (exact) mass is 706 g/mol. The molecule has 2 N–H and O–H groups in total. The number of fused-ring (bicyclic) bond motifs is 1. The summed E-state index contributed by atoms with van der Waals surface area (Å²) in [4.78, 5) is 47.3. The predicted molar refractivity (Wildman–Crippen MR) is 159 cm³/mol. The quantitative estimate of drug-likeness (QED) is 0.157. The number of amides is 2. The Labute approximate surface area is 276 Å². The van der Waals surface area contributed by atoms with Crippen LogP contribution in [0.25, 0.3) is 22.5 Å². The lowest BCUT2D eigenvalue weighted by molar-refractivity contribution is -0.145. The van der Waals surface area contributed by atoms with E-state index < -0.39 is 35.8 Å². The van der Waals surface area contributed by atoms with Crippen LogP contribution in [0.3, 0.4) is 0 Å². The van der Waals surface area contributed by atoms with Crippen LogP contribution in [-0.4, -0.2) is 46.6 Å². The normalized spacial score (nSPS) is 12.9. The second-order valence-electron chi connectivity index (χ2n) is 9.85. The van der Waals surface area contributed by atoms with Gasteiger partial charge in [-0.2, -0.15) is 26.3 Å². The highest BCUT2D eigenvalue weighted by atomic mass is 35.5. The van der Waals surface area contributed by atoms with Gasteiger partial charge in [0.2, 0.25) is 11.6 Å². The molecule has 1 aliphatic rings. The van der Waals surface area contributed by atoms with Crippen LogP contribution in [0.2, 0.25) is 10.0 Å². The summed E-state index contributed by atoms with van der Waals surface area (Å²) in [7, 11) is 0. The highest BCUT2D eigenvalue weighted by molar-refractivity contribution is 6.31. The Morgan fingerprint density at radius 3 is 1.42 bits per heavy atom. The molecule has 2 amide bonds. The van der Waals surface area contributed by atoms with Gasteiger partial charge in [0.1, 0.15) is 0 Å². The number of carbonyl (C=O) groups excluding carboxylic acids is 2. The summed E-state index contributed by atoms with van der Waals surface area (Å²) in [5.74, 6) is -3.35. The second-order valence-corrected chi connectivity index (χ2v) is 10.7. The lowest BCUT2D eigenvalue weighted by atomic mass is 10.1. The van der Waals surface area contributed by atoms with Crippen LogP contribution in [0.1, 0.15) is 43.5 Å². The van der Waals surface area contributed by atoms with E-state index in [2.05, 4.69) is 29.9 Å². The Balaban J connectivity index is 0.000000206. The fourth-order valence-electron chi connectivity index (χ4n) is 4.32. The standard InChI is InChI=1S/C19H10ClF3N4O2.C11H8ClF3N4/c20-14-8-24-15(11-6-25-18(26-7-11)19(21,22)23)5-10(14)9-27-16(28)12-3-1-2-4-13(12)17(27)29;12-8-5-17-9(1-6(8)2-16)7-3-18-10(19-4-7)11(13,14)15/h1-8H,9H2;1,3-5H,2,16H2. The summed E-state index contributed by atoms with van der Waals surface area (Å²) in [6.07, 6.45) is -2.41. The van der Waals surface area contributed by atoms with E-state index in [-0.39, 0.29) is 29.4 Å². The van der Waals surface area contributed by atoms with Crippen LogP contribution >= 0.6 is 23.2 Å². The predicted octanol–water partition coefficient (Wildman–Crippen LogP) is 6.68. The number of nitrogens with two attached hydrogens (primary N) is 1. The topological polar surface area (TPSA) is 141 Å². The number of halogens is 8. The molecule has 5 aromatic rings. The molecule has 0 aliphatic carbocycles. The maximum Gasteiger partial charge on any atom is 0.451 e. The molecule has 1 aliphatic heterocycles. The van der Waals surface area contributed by atoms with Crippen LogP contribution in [-0.2, 0) is 25.4 Å². The van der Waals surface area contributed by atoms with Crippen molar-refractivity contribution < 1.29 is 35.9 Å². The summed E-state index contributed by atoms with van der Waals surface area (Å²) in [6, 6.07) is 9.53. The lowest BCUT2D eigenvalue weighted by Crippen LogP contribution is -2.29. The Morgan fingerprint density at radius 2 is 1.02 bits per heavy atom. The fourth-order valence-corrected chi connectivity index (χ4v) is 4.66. The summed E-state index contributed by atoms with van der Waals surface area (Å²) >= 11 is 12.0. The highest BCUT2D eigenvalue weighted by Gasteiger charge is 2.36. The van der Waals surface area contributed by atoms with Gasteiger partial charge in [-0.3, -0.25) is 24.5 Å². The van der Waals surface area contributed by atoms with Gasteiger partial charge in [0.25, 0.3) is 11.8 Å². The third-order valence-electron chi connectivity index (χ3n) is 6.70. The molecule has 1 aromatic carbocycles. The van der Waals surface area contributed by atoms with Crippen LogP contribution in [0.4, 0.5) is 26.3 Å². The molecule has 0 bridgehead atoms. The number of benzene rings is 1. The van der Waals surface area contributed by atoms with Crippen LogP contribution in [0.15, 0.2) is 73.6 Å². The van der Waals surface area contributed by atoms with E-state index in [0.717, 1.165) is 29.7 Å². The number of alkyl halides is 6. The van der Waals surface area contributed by atoms with E-state index in [0.29, 0.717) is 38.5 Å². The molecule has 0 atom stereocenters. The number of nitrogens with zero attached hydrogens (tertiary/aromatic N) is 7. The number of hydrogen-bond acceptors (Lipinski definition) is 9. The number of pyridine rings is 2. The average molecular weight is 707 g/mol. The van der Waals surface area contributed by atoms with Gasteiger partial charge in [0, 0.05) is 54.9 Å². The zero-order valence-corrected chi connectivity index (χ0v) is 25.4. The van der Waals surface area contributed by atoms with Crippen molar-refractivity contribution in [2.24, 2.45) is 5.73 Å². The molecule has 246 valence electrons. The van der Waals surface area contributed by atoms with Gasteiger partial charge < -0.3 is 5.73 Å². The molecule has 6 rings (SSSR count). The number of hydrogen-bond donors (Lipinski definition) is 1. The van der Waals surface area contributed by atoms with Gasteiger partial charge in [0.05, 0.1) is 39.1 Å². The van der Waals surface area contributed by atoms with E-state index in [1.165, 1.54) is 18.5 Å². The number of imide groups is 1. The van der Waals surface area contributed by atoms with Crippen molar-refractivity contribution in [3.8, 4) is 22.5 Å². The van der Waals surface area contributed by atoms with E-state index in [4.69, 9.17) is 28.9 Å². The Kier molecular flexibility index (Phi) is 9.70. The number of aromatic nitrogens is 6.